The van der Waals surface area contributed by atoms with E-state index in [-0.39, 0.29) is 5.91 Å². The first-order chi connectivity index (χ1) is 11.2. The van der Waals surface area contributed by atoms with Crippen LogP contribution in [-0.2, 0) is 11.3 Å². The number of amides is 1. The van der Waals surface area contributed by atoms with E-state index in [2.05, 4.69) is 13.8 Å². The number of hydrogen-bond donors (Lipinski definition) is 0. The van der Waals surface area contributed by atoms with Gasteiger partial charge in [0.1, 0.15) is 5.75 Å². The first-order valence-electron chi connectivity index (χ1n) is 8.78. The zero-order valence-corrected chi connectivity index (χ0v) is 14.6. The van der Waals surface area contributed by atoms with Crippen LogP contribution in [0.1, 0.15) is 56.0 Å². The van der Waals surface area contributed by atoms with Gasteiger partial charge in [0.2, 0.25) is 0 Å². The van der Waals surface area contributed by atoms with E-state index >= 15 is 0 Å². The minimum atomic E-state index is 0.122. The number of ether oxygens (including phenoxy) is 2. The molecule has 23 heavy (non-hydrogen) atoms. The van der Waals surface area contributed by atoms with Crippen molar-refractivity contribution >= 4 is 5.91 Å². The fourth-order valence-electron chi connectivity index (χ4n) is 2.84. The predicted octanol–water partition coefficient (Wildman–Crippen LogP) is 3.88. The van der Waals surface area contributed by atoms with Gasteiger partial charge in [0.15, 0.2) is 0 Å². The van der Waals surface area contributed by atoms with Gasteiger partial charge in [-0.3, -0.25) is 4.79 Å². The summed E-state index contributed by atoms with van der Waals surface area (Å²) < 4.78 is 11.3. The smallest absolute Gasteiger partial charge is 0.253 e. The lowest BCUT2D eigenvalue weighted by atomic mass is 9.98. The SMILES string of the molecule is CCCOCc1cc(C(=O)N2CCC(C)CC2)ccc1OCC. The van der Waals surface area contributed by atoms with Crippen molar-refractivity contribution in [3.8, 4) is 5.75 Å². The van der Waals surface area contributed by atoms with E-state index in [9.17, 15) is 4.79 Å². The van der Waals surface area contributed by atoms with Gasteiger partial charge in [0.05, 0.1) is 13.2 Å². The molecule has 4 nitrogen and oxygen atoms in total. The molecule has 0 bridgehead atoms. The number of carbonyl (C=O) groups excluding carboxylic acids is 1. The molecule has 1 heterocycles. The highest BCUT2D eigenvalue weighted by Crippen LogP contribution is 2.24. The molecule has 1 aromatic carbocycles. The predicted molar refractivity (Wildman–Crippen MR) is 91.9 cm³/mol. The lowest BCUT2D eigenvalue weighted by Gasteiger charge is -2.30. The topological polar surface area (TPSA) is 38.8 Å². The van der Waals surface area contributed by atoms with Crippen molar-refractivity contribution in [1.29, 1.82) is 0 Å². The summed E-state index contributed by atoms with van der Waals surface area (Å²) in [5, 5.41) is 0. The lowest BCUT2D eigenvalue weighted by molar-refractivity contribution is 0.0696. The monoisotopic (exact) mass is 319 g/mol. The Morgan fingerprint density at radius 3 is 2.65 bits per heavy atom. The van der Waals surface area contributed by atoms with Crippen LogP contribution >= 0.6 is 0 Å². The number of benzene rings is 1. The molecule has 1 aliphatic heterocycles. The summed E-state index contributed by atoms with van der Waals surface area (Å²) in [7, 11) is 0. The Morgan fingerprint density at radius 2 is 2.00 bits per heavy atom. The summed E-state index contributed by atoms with van der Waals surface area (Å²) in [5.41, 5.74) is 1.69. The molecule has 0 radical (unpaired) electrons. The second-order valence-corrected chi connectivity index (χ2v) is 6.28. The summed E-state index contributed by atoms with van der Waals surface area (Å²) in [6.07, 6.45) is 3.17. The molecule has 128 valence electrons. The third-order valence-electron chi connectivity index (χ3n) is 4.28. The molecule has 1 fully saturated rings. The number of likely N-dealkylation sites (tertiary alicyclic amines) is 1. The highest BCUT2D eigenvalue weighted by molar-refractivity contribution is 5.94. The van der Waals surface area contributed by atoms with Gasteiger partial charge in [-0.1, -0.05) is 13.8 Å². The Kier molecular flexibility index (Phi) is 6.90. The van der Waals surface area contributed by atoms with Crippen molar-refractivity contribution in [2.75, 3.05) is 26.3 Å². The zero-order chi connectivity index (χ0) is 16.7. The fourth-order valence-corrected chi connectivity index (χ4v) is 2.84. The molecular weight excluding hydrogens is 290 g/mol. The Hall–Kier alpha value is -1.55. The van der Waals surface area contributed by atoms with E-state index in [4.69, 9.17) is 9.47 Å². The van der Waals surface area contributed by atoms with Crippen molar-refractivity contribution in [3.63, 3.8) is 0 Å². The first kappa shape index (κ1) is 17.8. The summed E-state index contributed by atoms with van der Waals surface area (Å²) in [4.78, 5) is 14.7. The van der Waals surface area contributed by atoms with E-state index < -0.39 is 0 Å². The van der Waals surface area contributed by atoms with Crippen LogP contribution in [0.25, 0.3) is 0 Å². The molecule has 0 spiro atoms. The lowest BCUT2D eigenvalue weighted by Crippen LogP contribution is -2.37. The van der Waals surface area contributed by atoms with Gasteiger partial charge in [0, 0.05) is 30.8 Å². The highest BCUT2D eigenvalue weighted by Gasteiger charge is 2.22. The van der Waals surface area contributed by atoms with E-state index in [0.29, 0.717) is 19.8 Å². The largest absolute Gasteiger partial charge is 0.494 e. The zero-order valence-electron chi connectivity index (χ0n) is 14.6. The van der Waals surface area contributed by atoms with E-state index in [1.807, 2.05) is 30.0 Å². The van der Waals surface area contributed by atoms with Gasteiger partial charge in [-0.2, -0.15) is 0 Å². The molecule has 0 saturated carbocycles. The molecule has 0 atom stereocenters. The molecule has 1 amide bonds. The first-order valence-corrected chi connectivity index (χ1v) is 8.78. The average Bonchev–Trinajstić information content (AvgIpc) is 2.57. The quantitative estimate of drug-likeness (QED) is 0.716. The maximum absolute atomic E-state index is 12.7. The van der Waals surface area contributed by atoms with Gasteiger partial charge < -0.3 is 14.4 Å². The second kappa shape index (κ2) is 8.92. The van der Waals surface area contributed by atoms with Crippen LogP contribution in [-0.4, -0.2) is 37.1 Å². The fraction of sp³-hybridized carbons (Fsp3) is 0.632. The van der Waals surface area contributed by atoms with Crippen LogP contribution in [0, 0.1) is 5.92 Å². The third kappa shape index (κ3) is 4.96. The Bertz CT molecular complexity index is 507. The molecule has 0 unspecified atom stereocenters. The van der Waals surface area contributed by atoms with Crippen molar-refractivity contribution in [2.45, 2.75) is 46.6 Å². The van der Waals surface area contributed by atoms with Gasteiger partial charge in [-0.05, 0) is 50.3 Å². The van der Waals surface area contributed by atoms with E-state index in [1.165, 1.54) is 0 Å². The molecule has 0 aromatic heterocycles. The van der Waals surface area contributed by atoms with Crippen LogP contribution in [0.15, 0.2) is 18.2 Å². The minimum Gasteiger partial charge on any atom is -0.494 e. The van der Waals surface area contributed by atoms with Crippen molar-refractivity contribution in [2.24, 2.45) is 5.92 Å². The summed E-state index contributed by atoms with van der Waals surface area (Å²) in [6, 6.07) is 5.70. The molecule has 2 rings (SSSR count). The van der Waals surface area contributed by atoms with Crippen molar-refractivity contribution < 1.29 is 14.3 Å². The summed E-state index contributed by atoms with van der Waals surface area (Å²) in [6.45, 7) is 9.82. The average molecular weight is 319 g/mol. The standard InChI is InChI=1S/C19H29NO3/c1-4-12-22-14-17-13-16(6-7-18(17)23-5-2)19(21)20-10-8-15(3)9-11-20/h6-7,13,15H,4-5,8-12,14H2,1-3H3. The normalized spacial score (nSPS) is 15.7. The Labute approximate surface area is 139 Å². The van der Waals surface area contributed by atoms with Crippen LogP contribution in [0.4, 0.5) is 0 Å². The van der Waals surface area contributed by atoms with Crippen LogP contribution in [0.2, 0.25) is 0 Å². The van der Waals surface area contributed by atoms with E-state index in [1.54, 1.807) is 0 Å². The van der Waals surface area contributed by atoms with Gasteiger partial charge in [-0.25, -0.2) is 0 Å². The second-order valence-electron chi connectivity index (χ2n) is 6.28. The maximum atomic E-state index is 12.7. The number of piperidine rings is 1. The van der Waals surface area contributed by atoms with Crippen LogP contribution < -0.4 is 4.74 Å². The summed E-state index contributed by atoms with van der Waals surface area (Å²) in [5.74, 6) is 1.65. The maximum Gasteiger partial charge on any atom is 0.253 e. The summed E-state index contributed by atoms with van der Waals surface area (Å²) >= 11 is 0. The molecule has 1 saturated heterocycles. The van der Waals surface area contributed by atoms with Crippen LogP contribution in [0.3, 0.4) is 0 Å². The number of nitrogens with zero attached hydrogens (tertiary/aromatic N) is 1. The molecule has 1 aromatic rings. The Morgan fingerprint density at radius 1 is 1.26 bits per heavy atom. The molecule has 0 aliphatic carbocycles. The minimum absolute atomic E-state index is 0.122. The van der Waals surface area contributed by atoms with Crippen LogP contribution in [0.5, 0.6) is 5.75 Å². The van der Waals surface area contributed by atoms with Crippen molar-refractivity contribution in [1.82, 2.24) is 4.90 Å². The van der Waals surface area contributed by atoms with Gasteiger partial charge in [0.25, 0.3) is 5.91 Å². The molecular formula is C19H29NO3. The molecule has 0 N–H and O–H groups in total. The number of hydrogen-bond acceptors (Lipinski definition) is 3. The third-order valence-corrected chi connectivity index (χ3v) is 4.28. The van der Waals surface area contributed by atoms with Crippen molar-refractivity contribution in [3.05, 3.63) is 29.3 Å². The molecule has 4 heteroatoms. The van der Waals surface area contributed by atoms with Gasteiger partial charge in [-0.15, -0.1) is 0 Å². The number of rotatable bonds is 7. The number of carbonyl (C=O) groups is 1. The Balaban J connectivity index is 2.11. The molecule has 1 aliphatic rings. The van der Waals surface area contributed by atoms with E-state index in [0.717, 1.165) is 55.1 Å². The highest BCUT2D eigenvalue weighted by atomic mass is 16.5. The van der Waals surface area contributed by atoms with Gasteiger partial charge >= 0.3 is 0 Å².